The highest BCUT2D eigenvalue weighted by molar-refractivity contribution is 6.29. The Balaban J connectivity index is 2.47. The number of nitrogens with zero attached hydrogens (tertiary/aromatic N) is 2. The zero-order valence-electron chi connectivity index (χ0n) is 8.13. The highest BCUT2D eigenvalue weighted by Crippen LogP contribution is 2.25. The lowest BCUT2D eigenvalue weighted by Crippen LogP contribution is -2.24. The summed E-state index contributed by atoms with van der Waals surface area (Å²) in [6, 6.07) is 2.48. The minimum Gasteiger partial charge on any atom is -0.350 e. The predicted octanol–water partition coefficient (Wildman–Crippen LogP) is 1.57. The number of rotatable bonds is 0. The smallest absolute Gasteiger partial charge is 0.253 e. The van der Waals surface area contributed by atoms with Gasteiger partial charge >= 0.3 is 0 Å². The Morgan fingerprint density at radius 1 is 1.50 bits per heavy atom. The van der Waals surface area contributed by atoms with Crippen LogP contribution in [0.15, 0.2) is 12.1 Å². The molecule has 0 unspecified atom stereocenters. The van der Waals surface area contributed by atoms with Gasteiger partial charge in [0.1, 0.15) is 5.82 Å². The van der Waals surface area contributed by atoms with E-state index in [4.69, 9.17) is 11.6 Å². The van der Waals surface area contributed by atoms with Crippen LogP contribution in [0.25, 0.3) is 11.0 Å². The van der Waals surface area contributed by atoms with Crippen LogP contribution < -0.4 is 5.32 Å². The van der Waals surface area contributed by atoms with Gasteiger partial charge in [-0.15, -0.1) is 0 Å². The molecule has 0 fully saturated rings. The zero-order valence-corrected chi connectivity index (χ0v) is 8.88. The summed E-state index contributed by atoms with van der Waals surface area (Å²) in [5, 5.41) is 2.96. The van der Waals surface area contributed by atoms with E-state index in [0.29, 0.717) is 24.1 Å². The third kappa shape index (κ3) is 1.21. The Morgan fingerprint density at radius 3 is 3.12 bits per heavy atom. The molecule has 0 radical (unpaired) electrons. The maximum Gasteiger partial charge on any atom is 0.253 e. The van der Waals surface area contributed by atoms with Crippen LogP contribution in [0.5, 0.6) is 0 Å². The second-order valence-corrected chi connectivity index (χ2v) is 3.95. The second-order valence-electron chi connectivity index (χ2n) is 3.61. The molecule has 3 rings (SSSR count). The van der Waals surface area contributed by atoms with Crippen LogP contribution >= 0.6 is 11.6 Å². The highest BCUT2D eigenvalue weighted by atomic mass is 35.5. The lowest BCUT2D eigenvalue weighted by atomic mass is 10.1. The van der Waals surface area contributed by atoms with Crippen LogP contribution in [-0.2, 0) is 6.54 Å². The van der Waals surface area contributed by atoms with Crippen LogP contribution in [0.3, 0.4) is 0 Å². The van der Waals surface area contributed by atoms with Crippen molar-refractivity contribution in [3.63, 3.8) is 0 Å². The number of benzene rings is 1. The first-order chi connectivity index (χ1) is 7.66. The van der Waals surface area contributed by atoms with Gasteiger partial charge < -0.3 is 9.88 Å². The molecular weight excluding hydrogens is 233 g/mol. The molecule has 82 valence electrons. The molecule has 0 bridgehead atoms. The number of carbonyl (C=O) groups excluding carboxylic acids is 1. The Morgan fingerprint density at radius 2 is 2.31 bits per heavy atom. The Hall–Kier alpha value is -1.62. The number of halogens is 2. The molecule has 2 heterocycles. The van der Waals surface area contributed by atoms with Crippen LogP contribution in [-0.4, -0.2) is 22.0 Å². The summed E-state index contributed by atoms with van der Waals surface area (Å²) in [4.78, 5) is 15.7. The normalized spacial score (nSPS) is 15.0. The van der Waals surface area contributed by atoms with Gasteiger partial charge in [-0.2, -0.15) is 0 Å². The number of hydrogen-bond donors (Lipinski definition) is 1. The fourth-order valence-corrected chi connectivity index (χ4v) is 2.22. The van der Waals surface area contributed by atoms with E-state index in [1.807, 2.05) is 0 Å². The summed E-state index contributed by atoms with van der Waals surface area (Å²) in [5.74, 6) is -0.777. The monoisotopic (exact) mass is 239 g/mol. The maximum absolute atomic E-state index is 13.3. The largest absolute Gasteiger partial charge is 0.350 e. The van der Waals surface area contributed by atoms with Gasteiger partial charge in [0.15, 0.2) is 0 Å². The topological polar surface area (TPSA) is 46.9 Å². The SMILES string of the molecule is O=C1NCCn2c(Cl)nc3cc(F)cc1c32. The minimum absolute atomic E-state index is 0.276. The molecule has 1 aliphatic rings. The molecular formula is C10H7ClFN3O. The van der Waals surface area contributed by atoms with Crippen molar-refractivity contribution in [1.82, 2.24) is 14.9 Å². The van der Waals surface area contributed by atoms with E-state index in [0.717, 1.165) is 0 Å². The number of aromatic nitrogens is 2. The molecule has 6 heteroatoms. The van der Waals surface area contributed by atoms with Crippen molar-refractivity contribution in [3.8, 4) is 0 Å². The Bertz CT molecular complexity index is 608. The first kappa shape index (κ1) is 9.59. The molecule has 0 spiro atoms. The summed E-state index contributed by atoms with van der Waals surface area (Å²) in [7, 11) is 0. The van der Waals surface area contributed by atoms with E-state index in [2.05, 4.69) is 10.3 Å². The van der Waals surface area contributed by atoms with E-state index in [1.54, 1.807) is 4.57 Å². The minimum atomic E-state index is -0.485. The van der Waals surface area contributed by atoms with E-state index in [9.17, 15) is 9.18 Å². The molecule has 2 aromatic rings. The van der Waals surface area contributed by atoms with E-state index < -0.39 is 5.82 Å². The fourth-order valence-electron chi connectivity index (χ4n) is 1.96. The van der Waals surface area contributed by atoms with Crippen molar-refractivity contribution in [3.05, 3.63) is 28.8 Å². The van der Waals surface area contributed by atoms with E-state index >= 15 is 0 Å². The van der Waals surface area contributed by atoms with Crippen LogP contribution in [0.4, 0.5) is 4.39 Å². The molecule has 1 N–H and O–H groups in total. The number of hydrogen-bond acceptors (Lipinski definition) is 2. The molecule has 0 saturated heterocycles. The van der Waals surface area contributed by atoms with Gasteiger partial charge in [0, 0.05) is 19.2 Å². The molecule has 16 heavy (non-hydrogen) atoms. The summed E-state index contributed by atoms with van der Waals surface area (Å²) >= 11 is 5.94. The quantitative estimate of drug-likeness (QED) is 0.759. The van der Waals surface area contributed by atoms with Crippen LogP contribution in [0.2, 0.25) is 5.28 Å². The number of amides is 1. The van der Waals surface area contributed by atoms with Crippen molar-refractivity contribution >= 4 is 28.5 Å². The van der Waals surface area contributed by atoms with Gasteiger partial charge in [-0.3, -0.25) is 4.79 Å². The molecule has 4 nitrogen and oxygen atoms in total. The fraction of sp³-hybridized carbons (Fsp3) is 0.200. The maximum atomic E-state index is 13.3. The van der Waals surface area contributed by atoms with Gasteiger partial charge in [0.2, 0.25) is 5.28 Å². The first-order valence-electron chi connectivity index (χ1n) is 4.80. The van der Waals surface area contributed by atoms with Crippen LogP contribution in [0, 0.1) is 5.82 Å². The lowest BCUT2D eigenvalue weighted by molar-refractivity contribution is 0.0956. The Kier molecular flexibility index (Phi) is 1.91. The van der Waals surface area contributed by atoms with Gasteiger partial charge in [0.05, 0.1) is 16.6 Å². The summed E-state index contributed by atoms with van der Waals surface area (Å²) in [5.41, 5.74) is 1.30. The molecule has 1 aromatic heterocycles. The van der Waals surface area contributed by atoms with Crippen molar-refractivity contribution in [2.45, 2.75) is 6.54 Å². The molecule has 0 atom stereocenters. The number of carbonyl (C=O) groups is 1. The molecule has 0 saturated carbocycles. The highest BCUT2D eigenvalue weighted by Gasteiger charge is 2.21. The van der Waals surface area contributed by atoms with Gasteiger partial charge in [-0.1, -0.05) is 0 Å². The summed E-state index contributed by atoms with van der Waals surface area (Å²) in [6.07, 6.45) is 0. The second kappa shape index (κ2) is 3.18. The zero-order chi connectivity index (χ0) is 11.3. The molecule has 1 aliphatic heterocycles. The van der Waals surface area contributed by atoms with Crippen molar-refractivity contribution in [1.29, 1.82) is 0 Å². The van der Waals surface area contributed by atoms with Crippen molar-refractivity contribution in [2.24, 2.45) is 0 Å². The van der Waals surface area contributed by atoms with Crippen LogP contribution in [0.1, 0.15) is 10.4 Å². The van der Waals surface area contributed by atoms with Gasteiger partial charge in [-0.05, 0) is 17.7 Å². The average molecular weight is 240 g/mol. The van der Waals surface area contributed by atoms with E-state index in [1.165, 1.54) is 12.1 Å². The molecule has 1 amide bonds. The summed E-state index contributed by atoms with van der Waals surface area (Å²) < 4.78 is 15.0. The molecule has 1 aromatic carbocycles. The first-order valence-corrected chi connectivity index (χ1v) is 5.18. The standard InChI is InChI=1S/C10H7ClFN3O/c11-10-14-7-4-5(12)3-6-8(7)15(10)2-1-13-9(6)16/h3-4H,1-2H2,(H,13,16). The third-order valence-corrected chi connectivity index (χ3v) is 2.91. The van der Waals surface area contributed by atoms with Crippen molar-refractivity contribution in [2.75, 3.05) is 6.54 Å². The number of imidazole rings is 1. The molecule has 0 aliphatic carbocycles. The van der Waals surface area contributed by atoms with Gasteiger partial charge in [0.25, 0.3) is 5.91 Å². The number of nitrogens with one attached hydrogen (secondary N) is 1. The predicted molar refractivity (Wildman–Crippen MR) is 57.0 cm³/mol. The van der Waals surface area contributed by atoms with Crippen molar-refractivity contribution < 1.29 is 9.18 Å². The average Bonchev–Trinajstić information content (AvgIpc) is 2.42. The lowest BCUT2D eigenvalue weighted by Gasteiger charge is -2.01. The van der Waals surface area contributed by atoms with Gasteiger partial charge in [-0.25, -0.2) is 9.37 Å². The summed E-state index contributed by atoms with van der Waals surface area (Å²) in [6.45, 7) is 1.00. The Labute approximate surface area is 95.0 Å². The third-order valence-electron chi connectivity index (χ3n) is 2.63. The van der Waals surface area contributed by atoms with E-state index in [-0.39, 0.29) is 16.8 Å².